The summed E-state index contributed by atoms with van der Waals surface area (Å²) in [6.07, 6.45) is 1.50. The Balaban J connectivity index is 2.23. The largest absolute Gasteiger partial charge is 0.479 e. The summed E-state index contributed by atoms with van der Waals surface area (Å²) in [6, 6.07) is 2.32. The number of nitrogens with one attached hydrogen (secondary N) is 1. The van der Waals surface area contributed by atoms with E-state index >= 15 is 0 Å². The highest BCUT2D eigenvalue weighted by molar-refractivity contribution is 7.71. The van der Waals surface area contributed by atoms with Gasteiger partial charge in [-0.1, -0.05) is 0 Å². The predicted octanol–water partition coefficient (Wildman–Crippen LogP) is 3.79. The van der Waals surface area contributed by atoms with E-state index in [1.54, 1.807) is 18.4 Å². The van der Waals surface area contributed by atoms with Crippen LogP contribution in [0.5, 0.6) is 5.88 Å². The van der Waals surface area contributed by atoms with Gasteiger partial charge < -0.3 is 9.72 Å². The van der Waals surface area contributed by atoms with Crippen LogP contribution in [0.3, 0.4) is 0 Å². The minimum atomic E-state index is 0.107. The Hall–Kier alpha value is -1.73. The van der Waals surface area contributed by atoms with E-state index in [0.29, 0.717) is 10.7 Å². The first-order chi connectivity index (χ1) is 10.0. The summed E-state index contributed by atoms with van der Waals surface area (Å²) in [5.41, 5.74) is 2.77. The number of aromatic amines is 1. The van der Waals surface area contributed by atoms with E-state index < -0.39 is 0 Å². The molecule has 1 unspecified atom stereocenters. The molecule has 0 amide bonds. The fraction of sp³-hybridized carbons (Fsp3) is 0.357. The molecular formula is C14H16N4OS2. The molecule has 0 saturated heterocycles. The smallest absolute Gasteiger partial charge is 0.242 e. The molecule has 1 N–H and O–H groups in total. The van der Waals surface area contributed by atoms with Gasteiger partial charge >= 0.3 is 0 Å². The van der Waals surface area contributed by atoms with Gasteiger partial charge in [0.1, 0.15) is 11.8 Å². The number of nitrogens with zero attached hydrogens (tertiary/aromatic N) is 3. The Morgan fingerprint density at radius 2 is 2.14 bits per heavy atom. The van der Waals surface area contributed by atoms with Crippen molar-refractivity contribution in [1.82, 2.24) is 19.5 Å². The first-order valence-corrected chi connectivity index (χ1v) is 7.81. The van der Waals surface area contributed by atoms with Crippen LogP contribution in [-0.2, 0) is 0 Å². The van der Waals surface area contributed by atoms with Crippen LogP contribution < -0.4 is 4.74 Å². The van der Waals surface area contributed by atoms with Crippen LogP contribution in [-0.4, -0.2) is 26.6 Å². The normalized spacial score (nSPS) is 12.8. The van der Waals surface area contributed by atoms with Crippen LogP contribution >= 0.6 is 23.6 Å². The zero-order valence-corrected chi connectivity index (χ0v) is 13.9. The molecular weight excluding hydrogens is 304 g/mol. The number of rotatable bonds is 3. The van der Waals surface area contributed by atoms with Gasteiger partial charge in [-0.25, -0.2) is 4.98 Å². The van der Waals surface area contributed by atoms with E-state index in [2.05, 4.69) is 41.8 Å². The standard InChI is InChI=1S/C14H16N4OS2/c1-7-5-10(9(3)21-7)8(2)18-12-11(17-14(18)20)13(19-4)16-6-15-12/h5-6,8H,1-4H3,(H,17,20). The van der Waals surface area contributed by atoms with Crippen molar-refractivity contribution < 1.29 is 4.74 Å². The predicted molar refractivity (Wildman–Crippen MR) is 86.9 cm³/mol. The van der Waals surface area contributed by atoms with Gasteiger partial charge in [-0.15, -0.1) is 11.3 Å². The molecule has 110 valence electrons. The summed E-state index contributed by atoms with van der Waals surface area (Å²) in [4.78, 5) is 14.2. The van der Waals surface area contributed by atoms with E-state index in [1.165, 1.54) is 21.6 Å². The van der Waals surface area contributed by atoms with Crippen LogP contribution in [0, 0.1) is 18.6 Å². The molecule has 5 nitrogen and oxygen atoms in total. The highest BCUT2D eigenvalue weighted by Gasteiger charge is 2.19. The van der Waals surface area contributed by atoms with Crippen molar-refractivity contribution in [2.45, 2.75) is 26.8 Å². The quantitative estimate of drug-likeness (QED) is 0.746. The third kappa shape index (κ3) is 2.26. The summed E-state index contributed by atoms with van der Waals surface area (Å²) in [7, 11) is 1.59. The highest BCUT2D eigenvalue weighted by Crippen LogP contribution is 2.31. The summed E-state index contributed by atoms with van der Waals surface area (Å²) in [5.74, 6) is 0.510. The lowest BCUT2D eigenvalue weighted by Crippen LogP contribution is -2.08. The summed E-state index contributed by atoms with van der Waals surface area (Å²) in [6.45, 7) is 6.39. The minimum absolute atomic E-state index is 0.107. The van der Waals surface area contributed by atoms with Gasteiger partial charge in [0, 0.05) is 9.75 Å². The Morgan fingerprint density at radius 1 is 1.38 bits per heavy atom. The monoisotopic (exact) mass is 320 g/mol. The zero-order chi connectivity index (χ0) is 15.1. The zero-order valence-electron chi connectivity index (χ0n) is 12.3. The maximum atomic E-state index is 5.47. The Labute approximate surface area is 131 Å². The summed E-state index contributed by atoms with van der Waals surface area (Å²) >= 11 is 7.27. The van der Waals surface area contributed by atoms with E-state index in [0.717, 1.165) is 11.2 Å². The molecule has 0 aliphatic rings. The SMILES string of the molecule is COc1ncnc2c1[nH]c(=S)n2C(C)c1cc(C)sc1C. The lowest BCUT2D eigenvalue weighted by molar-refractivity contribution is 0.401. The number of thiophene rings is 1. The van der Waals surface area contributed by atoms with E-state index in [9.17, 15) is 0 Å². The number of imidazole rings is 1. The van der Waals surface area contributed by atoms with Crippen molar-refractivity contribution in [3.8, 4) is 5.88 Å². The fourth-order valence-electron chi connectivity index (χ4n) is 2.63. The maximum absolute atomic E-state index is 5.47. The first-order valence-electron chi connectivity index (χ1n) is 6.59. The number of aromatic nitrogens is 4. The van der Waals surface area contributed by atoms with E-state index in [1.807, 2.05) is 4.57 Å². The van der Waals surface area contributed by atoms with Gasteiger partial charge in [0.25, 0.3) is 0 Å². The minimum Gasteiger partial charge on any atom is -0.479 e. The van der Waals surface area contributed by atoms with Gasteiger partial charge in [0.15, 0.2) is 10.4 Å². The van der Waals surface area contributed by atoms with Gasteiger partial charge in [0.05, 0.1) is 13.2 Å². The fourth-order valence-corrected chi connectivity index (χ4v) is 4.00. The number of hydrogen-bond acceptors (Lipinski definition) is 5. The topological polar surface area (TPSA) is 55.7 Å². The number of fused-ring (bicyclic) bond motifs is 1. The van der Waals surface area contributed by atoms with E-state index in [-0.39, 0.29) is 6.04 Å². The number of aryl methyl sites for hydroxylation is 2. The molecule has 1 atom stereocenters. The average molecular weight is 320 g/mol. The second-order valence-corrected chi connectivity index (χ2v) is 6.77. The molecule has 0 aliphatic carbocycles. The molecule has 21 heavy (non-hydrogen) atoms. The molecule has 0 fully saturated rings. The van der Waals surface area contributed by atoms with Gasteiger partial charge in [-0.2, -0.15) is 4.98 Å². The molecule has 3 rings (SSSR count). The molecule has 3 aromatic heterocycles. The van der Waals surface area contributed by atoms with E-state index in [4.69, 9.17) is 17.0 Å². The number of methoxy groups -OCH3 is 1. The van der Waals surface area contributed by atoms with Gasteiger partial charge in [0.2, 0.25) is 5.88 Å². The second-order valence-electron chi connectivity index (χ2n) is 4.93. The molecule has 0 bridgehead atoms. The number of ether oxygens (including phenoxy) is 1. The molecule has 0 aliphatic heterocycles. The van der Waals surface area contributed by atoms with Crippen molar-refractivity contribution in [2.24, 2.45) is 0 Å². The van der Waals surface area contributed by atoms with Crippen molar-refractivity contribution in [1.29, 1.82) is 0 Å². The van der Waals surface area contributed by atoms with Crippen molar-refractivity contribution in [3.05, 3.63) is 32.5 Å². The lowest BCUT2D eigenvalue weighted by atomic mass is 10.1. The summed E-state index contributed by atoms with van der Waals surface area (Å²) < 4.78 is 7.91. The maximum Gasteiger partial charge on any atom is 0.242 e. The lowest BCUT2D eigenvalue weighted by Gasteiger charge is -2.14. The molecule has 0 spiro atoms. The number of hydrogen-bond donors (Lipinski definition) is 1. The second kappa shape index (κ2) is 5.23. The molecule has 7 heteroatoms. The third-order valence-electron chi connectivity index (χ3n) is 3.58. The molecule has 0 radical (unpaired) electrons. The molecule has 0 saturated carbocycles. The van der Waals surface area contributed by atoms with Crippen LogP contribution in [0.15, 0.2) is 12.4 Å². The highest BCUT2D eigenvalue weighted by atomic mass is 32.1. The number of H-pyrrole nitrogens is 1. The Morgan fingerprint density at radius 3 is 2.76 bits per heavy atom. The first kappa shape index (κ1) is 14.2. The Kier molecular flexibility index (Phi) is 3.54. The molecule has 0 aromatic carbocycles. The van der Waals surface area contributed by atoms with Gasteiger partial charge in [-0.3, -0.25) is 4.57 Å². The van der Waals surface area contributed by atoms with Crippen LogP contribution in [0.2, 0.25) is 0 Å². The van der Waals surface area contributed by atoms with Crippen LogP contribution in [0.4, 0.5) is 0 Å². The molecule has 3 aromatic rings. The van der Waals surface area contributed by atoms with Gasteiger partial charge in [-0.05, 0) is 44.6 Å². The van der Waals surface area contributed by atoms with Crippen LogP contribution in [0.1, 0.15) is 28.3 Å². The summed E-state index contributed by atoms with van der Waals surface area (Å²) in [5, 5.41) is 0. The van der Waals surface area contributed by atoms with Crippen molar-refractivity contribution >= 4 is 34.7 Å². The van der Waals surface area contributed by atoms with Crippen molar-refractivity contribution in [3.63, 3.8) is 0 Å². The molecule has 3 heterocycles. The Bertz CT molecular complexity index is 862. The average Bonchev–Trinajstić information content (AvgIpc) is 2.96. The van der Waals surface area contributed by atoms with Crippen LogP contribution in [0.25, 0.3) is 11.2 Å². The third-order valence-corrected chi connectivity index (χ3v) is 4.86. The van der Waals surface area contributed by atoms with Crippen molar-refractivity contribution in [2.75, 3.05) is 7.11 Å².